The van der Waals surface area contributed by atoms with Crippen molar-refractivity contribution in [3.05, 3.63) is 0 Å². The molecule has 5 nitrogen and oxygen atoms in total. The Kier molecular flexibility index (Phi) is 8.75. The molecular weight excluding hydrogens is 362 g/mol. The summed E-state index contributed by atoms with van der Waals surface area (Å²) in [4.78, 5) is 11.3. The second-order valence-electron chi connectivity index (χ2n) is 8.46. The highest BCUT2D eigenvalue weighted by molar-refractivity contribution is 7.99. The van der Waals surface area contributed by atoms with Crippen molar-refractivity contribution in [1.29, 1.82) is 0 Å². The molecule has 0 aromatic heterocycles. The highest BCUT2D eigenvalue weighted by Crippen LogP contribution is 2.47. The van der Waals surface area contributed by atoms with Crippen LogP contribution in [0.5, 0.6) is 0 Å². The lowest BCUT2D eigenvalue weighted by Gasteiger charge is -2.29. The van der Waals surface area contributed by atoms with Gasteiger partial charge in [0.15, 0.2) is 0 Å². The van der Waals surface area contributed by atoms with Crippen molar-refractivity contribution in [1.82, 2.24) is 5.06 Å². The van der Waals surface area contributed by atoms with Crippen LogP contribution in [-0.4, -0.2) is 59.6 Å². The Labute approximate surface area is 168 Å². The number of hydroxylamine groups is 2. The van der Waals surface area contributed by atoms with Crippen molar-refractivity contribution >= 4 is 17.7 Å². The summed E-state index contributed by atoms with van der Waals surface area (Å²) in [7, 11) is 1.37. The number of fused-ring (bicyclic) bond motifs is 2. The first-order chi connectivity index (χ1) is 13.1. The molecule has 2 saturated heterocycles. The highest BCUT2D eigenvalue weighted by Gasteiger charge is 2.47. The number of hydrogen-bond donors (Lipinski definition) is 1. The fraction of sp³-hybridized carbons (Fsp3) is 0.952. The minimum Gasteiger partial charge on any atom is -0.381 e. The van der Waals surface area contributed by atoms with E-state index in [4.69, 9.17) is 14.7 Å². The van der Waals surface area contributed by atoms with E-state index in [0.29, 0.717) is 48.6 Å². The first-order valence-corrected chi connectivity index (χ1v) is 12.0. The van der Waals surface area contributed by atoms with Crippen LogP contribution < -0.4 is 0 Å². The van der Waals surface area contributed by atoms with E-state index < -0.39 is 0 Å². The van der Waals surface area contributed by atoms with Crippen LogP contribution in [0.15, 0.2) is 0 Å². The Morgan fingerprint density at radius 1 is 1.07 bits per heavy atom. The van der Waals surface area contributed by atoms with Crippen LogP contribution in [0.25, 0.3) is 0 Å². The van der Waals surface area contributed by atoms with E-state index in [-0.39, 0.29) is 5.91 Å². The van der Waals surface area contributed by atoms with Gasteiger partial charge in [0.05, 0.1) is 12.2 Å². The smallest absolute Gasteiger partial charge is 0.245 e. The van der Waals surface area contributed by atoms with E-state index in [1.807, 2.05) is 0 Å². The van der Waals surface area contributed by atoms with Gasteiger partial charge in [-0.3, -0.25) is 10.0 Å². The number of thioether (sulfide) groups is 1. The molecule has 3 fully saturated rings. The minimum absolute atomic E-state index is 0.254. The first-order valence-electron chi connectivity index (χ1n) is 11.0. The lowest BCUT2D eigenvalue weighted by molar-refractivity contribution is -0.159. The summed E-state index contributed by atoms with van der Waals surface area (Å²) in [5.41, 5.74) is 0. The van der Waals surface area contributed by atoms with E-state index in [0.717, 1.165) is 18.3 Å². The topological polar surface area (TPSA) is 59.0 Å². The van der Waals surface area contributed by atoms with Gasteiger partial charge in [-0.05, 0) is 62.5 Å². The molecule has 0 aromatic rings. The maximum absolute atomic E-state index is 11.3. The van der Waals surface area contributed by atoms with Gasteiger partial charge in [0.25, 0.3) is 0 Å². The largest absolute Gasteiger partial charge is 0.381 e. The lowest BCUT2D eigenvalue weighted by Crippen LogP contribution is -2.29. The van der Waals surface area contributed by atoms with Gasteiger partial charge in [0.1, 0.15) is 0 Å². The number of amides is 1. The van der Waals surface area contributed by atoms with Crippen LogP contribution in [0.4, 0.5) is 0 Å². The molecule has 1 saturated carbocycles. The maximum atomic E-state index is 11.3. The van der Waals surface area contributed by atoms with Gasteiger partial charge in [-0.25, -0.2) is 5.06 Å². The molecule has 4 atom stereocenters. The van der Waals surface area contributed by atoms with Crippen molar-refractivity contribution in [3.63, 3.8) is 0 Å². The van der Waals surface area contributed by atoms with Gasteiger partial charge in [-0.15, -0.1) is 0 Å². The van der Waals surface area contributed by atoms with Crippen LogP contribution in [0.3, 0.4) is 0 Å². The first kappa shape index (κ1) is 21.4. The van der Waals surface area contributed by atoms with Gasteiger partial charge < -0.3 is 9.47 Å². The highest BCUT2D eigenvalue weighted by atomic mass is 32.2. The van der Waals surface area contributed by atoms with E-state index in [1.54, 1.807) is 0 Å². The Bertz CT molecular complexity index is 455. The van der Waals surface area contributed by atoms with Crippen LogP contribution in [0.2, 0.25) is 0 Å². The fourth-order valence-corrected chi connectivity index (χ4v) is 6.49. The molecule has 27 heavy (non-hydrogen) atoms. The van der Waals surface area contributed by atoms with Crippen molar-refractivity contribution in [2.75, 3.05) is 26.0 Å². The summed E-state index contributed by atoms with van der Waals surface area (Å²) >= 11 is 2.21. The van der Waals surface area contributed by atoms with Gasteiger partial charge in [-0.2, -0.15) is 11.8 Å². The Morgan fingerprint density at radius 2 is 1.78 bits per heavy atom. The molecule has 2 aliphatic heterocycles. The third-order valence-corrected chi connectivity index (χ3v) is 8.00. The summed E-state index contributed by atoms with van der Waals surface area (Å²) < 4.78 is 12.0. The molecule has 0 aromatic carbocycles. The Balaban J connectivity index is 1.31. The average Bonchev–Trinajstić information content (AvgIpc) is 3.27. The molecule has 156 valence electrons. The molecule has 6 heteroatoms. The zero-order valence-corrected chi connectivity index (χ0v) is 17.6. The van der Waals surface area contributed by atoms with Crippen molar-refractivity contribution in [2.45, 2.75) is 88.1 Å². The molecule has 0 unspecified atom stereocenters. The summed E-state index contributed by atoms with van der Waals surface area (Å²) in [6, 6.07) is 0. The van der Waals surface area contributed by atoms with Crippen molar-refractivity contribution in [3.8, 4) is 0 Å². The van der Waals surface area contributed by atoms with E-state index in [2.05, 4.69) is 11.8 Å². The van der Waals surface area contributed by atoms with Gasteiger partial charge in [0, 0.05) is 31.9 Å². The zero-order chi connectivity index (χ0) is 19.1. The van der Waals surface area contributed by atoms with Crippen LogP contribution in [0.1, 0.15) is 70.6 Å². The molecule has 2 heterocycles. The normalized spacial score (nSPS) is 30.7. The summed E-state index contributed by atoms with van der Waals surface area (Å²) in [5.74, 6) is 2.40. The predicted octanol–water partition coefficient (Wildman–Crippen LogP) is 4.27. The standard InChI is InChI=1S/C21H37NO4S/c1-22(24)21(23)8-5-13-25-14-11-17-18(20-10-9-19(17)26-20)12-15-27-16-6-3-2-4-7-16/h16-20,24H,2-15H2,1H3/t17-,18+,19-,20+/m1/s1. The molecule has 3 aliphatic rings. The molecule has 2 bridgehead atoms. The monoisotopic (exact) mass is 399 g/mol. The quantitative estimate of drug-likeness (QED) is 0.319. The second kappa shape index (κ2) is 11.0. The summed E-state index contributed by atoms with van der Waals surface area (Å²) in [6.07, 6.45) is 13.9. The fourth-order valence-electron chi connectivity index (χ4n) is 5.08. The van der Waals surface area contributed by atoms with Crippen LogP contribution in [-0.2, 0) is 14.3 Å². The van der Waals surface area contributed by atoms with E-state index in [1.165, 1.54) is 64.2 Å². The van der Waals surface area contributed by atoms with Gasteiger partial charge in [-0.1, -0.05) is 19.3 Å². The number of rotatable bonds is 11. The van der Waals surface area contributed by atoms with E-state index in [9.17, 15) is 4.79 Å². The van der Waals surface area contributed by atoms with Crippen LogP contribution in [0, 0.1) is 11.8 Å². The number of nitrogens with zero attached hydrogens (tertiary/aromatic N) is 1. The minimum atomic E-state index is -0.254. The lowest BCUT2D eigenvalue weighted by atomic mass is 9.76. The SMILES string of the molecule is CN(O)C(=O)CCCOCC[C@@H]1[C@H](CCSC2CCCCC2)[C@@H]2CC[C@H]1O2. The van der Waals surface area contributed by atoms with Gasteiger partial charge in [0.2, 0.25) is 5.91 Å². The summed E-state index contributed by atoms with van der Waals surface area (Å²) in [6.45, 7) is 1.34. The maximum Gasteiger partial charge on any atom is 0.245 e. The number of hydrogen-bond acceptors (Lipinski definition) is 5. The summed E-state index contributed by atoms with van der Waals surface area (Å²) in [5, 5.41) is 10.6. The number of carbonyl (C=O) groups excluding carboxylic acids is 1. The molecule has 1 aliphatic carbocycles. The van der Waals surface area contributed by atoms with Crippen LogP contribution >= 0.6 is 11.8 Å². The molecule has 1 amide bonds. The third kappa shape index (κ3) is 6.34. The average molecular weight is 400 g/mol. The van der Waals surface area contributed by atoms with Gasteiger partial charge >= 0.3 is 0 Å². The number of ether oxygens (including phenoxy) is 2. The van der Waals surface area contributed by atoms with Crippen molar-refractivity contribution in [2.24, 2.45) is 11.8 Å². The molecular formula is C21H37NO4S. The molecule has 3 rings (SSSR count). The van der Waals surface area contributed by atoms with E-state index >= 15 is 0 Å². The zero-order valence-electron chi connectivity index (χ0n) is 16.8. The number of carbonyl (C=O) groups is 1. The second-order valence-corrected chi connectivity index (χ2v) is 9.87. The third-order valence-electron chi connectivity index (χ3n) is 6.58. The Hall–Kier alpha value is -0.300. The predicted molar refractivity (Wildman–Crippen MR) is 108 cm³/mol. The Morgan fingerprint density at radius 3 is 2.48 bits per heavy atom. The molecule has 1 N–H and O–H groups in total. The van der Waals surface area contributed by atoms with Crippen molar-refractivity contribution < 1.29 is 19.5 Å². The molecule has 0 radical (unpaired) electrons. The molecule has 0 spiro atoms.